The molecule has 16 rings (SSSR count). The van der Waals surface area contributed by atoms with Crippen LogP contribution in [0, 0.1) is 51.9 Å². The van der Waals surface area contributed by atoms with E-state index in [1.807, 2.05) is 121 Å². The molecular weight excluding hydrogens is 2040 g/mol. The zero-order chi connectivity index (χ0) is 108. The van der Waals surface area contributed by atoms with E-state index in [4.69, 9.17) is 102 Å². The van der Waals surface area contributed by atoms with Crippen LogP contribution in [0.1, 0.15) is 299 Å². The van der Waals surface area contributed by atoms with Crippen molar-refractivity contribution in [2.45, 2.75) is 365 Å². The average Bonchev–Trinajstić information content (AvgIpc) is 1.60. The molecule has 804 valence electrons. The predicted octanol–water partition coefficient (Wildman–Crippen LogP) is 27.0. The summed E-state index contributed by atoms with van der Waals surface area (Å²) in [7, 11) is 0. The number of ketones is 1. The molecule has 10 aromatic rings. The number of amides is 1. The predicted molar refractivity (Wildman–Crippen MR) is 601 cm³/mol. The maximum atomic E-state index is 12.3. The second-order valence-electron chi connectivity index (χ2n) is 42.4. The summed E-state index contributed by atoms with van der Waals surface area (Å²) in [6.07, 6.45) is 36.7. The van der Waals surface area contributed by atoms with Crippen LogP contribution in [0.15, 0.2) is 177 Å². The molecule has 3 aromatic heterocycles. The molecule has 0 radical (unpaired) electrons. The van der Waals surface area contributed by atoms with Gasteiger partial charge in [-0.3, -0.25) is 24.5 Å². The van der Waals surface area contributed by atoms with Gasteiger partial charge in [0, 0.05) is 122 Å². The van der Waals surface area contributed by atoms with E-state index in [2.05, 4.69) is 179 Å². The van der Waals surface area contributed by atoms with E-state index in [-0.39, 0.29) is 41.9 Å². The number of hydrogen-bond donors (Lipinski definition) is 7. The number of benzene rings is 7. The summed E-state index contributed by atoms with van der Waals surface area (Å²) in [5.74, 6) is 9.69. The third kappa shape index (κ3) is 36.7. The summed E-state index contributed by atoms with van der Waals surface area (Å²) < 4.78 is 49.2. The van der Waals surface area contributed by atoms with Crippen molar-refractivity contribution in [3.8, 4) is 74.8 Å². The number of unbranched alkanes of at least 4 members (excludes halogenated alkanes) is 6. The van der Waals surface area contributed by atoms with Crippen molar-refractivity contribution < 1.29 is 77.8 Å². The molecule has 1 amide bonds. The van der Waals surface area contributed by atoms with Crippen LogP contribution in [0.5, 0.6) is 17.2 Å². The van der Waals surface area contributed by atoms with Crippen LogP contribution in [0.4, 0.5) is 4.79 Å². The Kier molecular flexibility index (Phi) is 45.5. The van der Waals surface area contributed by atoms with Gasteiger partial charge in [0.1, 0.15) is 52.5 Å². The highest BCUT2D eigenvalue weighted by Gasteiger charge is 2.51. The largest absolute Gasteiger partial charge is 0.490 e. The summed E-state index contributed by atoms with van der Waals surface area (Å²) in [5.41, 5.74) is 27.6. The Morgan fingerprint density at radius 2 is 0.800 bits per heavy atom. The maximum absolute atomic E-state index is 12.3. The van der Waals surface area contributed by atoms with E-state index in [0.717, 1.165) is 283 Å². The lowest BCUT2D eigenvalue weighted by Crippen LogP contribution is -2.45. The average molecular weight is 2190 g/mol. The number of carbonyl (C=O) groups excluding carboxylic acids is 3. The number of aromatic nitrogens is 3. The summed E-state index contributed by atoms with van der Waals surface area (Å²) in [6.45, 7) is 23.4. The van der Waals surface area contributed by atoms with E-state index < -0.39 is 47.8 Å². The molecule has 7 aromatic carbocycles. The van der Waals surface area contributed by atoms with Gasteiger partial charge in [-0.15, -0.1) is 6.42 Å². The minimum absolute atomic E-state index is 0.0310. The summed E-state index contributed by atoms with van der Waals surface area (Å²) >= 11 is 29.9. The first-order valence-corrected chi connectivity index (χ1v) is 55.9. The number of terminal acetylenes is 1. The van der Waals surface area contributed by atoms with Gasteiger partial charge in [0.05, 0.1) is 67.6 Å². The van der Waals surface area contributed by atoms with Gasteiger partial charge in [0.15, 0.2) is 0 Å². The molecule has 6 saturated carbocycles. The Morgan fingerprint density at radius 3 is 1.13 bits per heavy atom. The number of ether oxygens (including phenoxy) is 8. The number of rotatable bonds is 50. The van der Waals surface area contributed by atoms with Crippen molar-refractivity contribution in [1.29, 1.82) is 0 Å². The van der Waals surface area contributed by atoms with Crippen LogP contribution < -0.4 is 25.3 Å². The number of alkyl halides is 1. The maximum Gasteiger partial charge on any atom is 0.407 e. The van der Waals surface area contributed by atoms with Crippen LogP contribution in [-0.2, 0) is 101 Å². The molecule has 26 heteroatoms. The number of aryl methyl sites for hydroxylation is 8. The Balaban J connectivity index is 0.000000180. The van der Waals surface area contributed by atoms with E-state index in [0.29, 0.717) is 69.0 Å². The molecule has 0 bridgehead atoms. The molecule has 0 aliphatic heterocycles. The minimum Gasteiger partial charge on any atom is -0.490 e. The number of Topliss-reactive ketones (excluding diaryl/α,β-unsaturated/α-hetero) is 1. The second-order valence-corrected chi connectivity index (χ2v) is 44.6. The van der Waals surface area contributed by atoms with Crippen molar-refractivity contribution in [2.75, 3.05) is 19.7 Å². The number of pyridine rings is 3. The number of nitrogens with zero attached hydrogens (tertiary/aromatic N) is 3. The fourth-order valence-corrected chi connectivity index (χ4v) is 19.8. The monoisotopic (exact) mass is 2190 g/mol. The molecule has 0 unspecified atom stereocenters. The lowest BCUT2D eigenvalue weighted by molar-refractivity contribution is -0.155. The van der Waals surface area contributed by atoms with Gasteiger partial charge in [-0.2, -0.15) is 0 Å². The van der Waals surface area contributed by atoms with Gasteiger partial charge in [-0.1, -0.05) is 160 Å². The van der Waals surface area contributed by atoms with E-state index in [1.54, 1.807) is 6.92 Å². The normalized spacial score (nSPS) is 15.6. The number of carbonyl (C=O) groups is 3. The molecule has 4 atom stereocenters. The minimum atomic E-state index is -1.69. The van der Waals surface area contributed by atoms with E-state index >= 15 is 0 Å². The quantitative estimate of drug-likeness (QED) is 0.00806. The van der Waals surface area contributed by atoms with Crippen LogP contribution in [0.25, 0.3) is 33.4 Å². The van der Waals surface area contributed by atoms with Crippen molar-refractivity contribution in [2.24, 2.45) is 5.73 Å². The van der Waals surface area contributed by atoms with Gasteiger partial charge in [0.2, 0.25) is 0 Å². The standard InChI is InChI=1S/C38H48ClNO8.C35H42ClNO4.C29H33ClN2O2.C17H25BrClNO2.C5H4/c1-24-19-26(32(39)20-25(24)7-3-2-4-8-27(42)11-14-33(43)36(45)37(46)34(44)22-41)23-47-38(16-17-38)31-21-40-18-15-29(31)30-9-5-6-10-35(30)48-28-12-13-28;1-24-20-26(31(36)21-25(24)10-6-5-7-13-33(38)41-34(2,3)4)23-39-35(17-18-35)30-22-37-19-16-28(30)29-11-8-9-12-32(29)40-27-14-15-27;1-20-16-22(27(30)17-21(20)6-4-5-14-31)19-33-29(12-13-29)26-18-32-15-11-24(26)25-7-2-3-8-28(25)34-23-9-10-23;1-12-9-14(11-18)15(19)10-13(12)7-5-6-8-20-16(21)22-17(2,3)4;1-3-5-4-2/h5-6,9-10,15,18-21,28,33-34,36-37,41,43-46H,2-4,7-8,11-14,16-17,22-23H2,1H3;8-9,11-12,16,19-22,27H,5-7,10,13-15,17-18,23H2,1-4H3;2-3,7-8,11,15-18,23H,4-6,9-10,12-14,19,31H2,1H3;9-10H,5-8,11H2,1-4H3,(H,20,21);1H,2H3/t33-,34+,36+,37+;;;;/m0..../s1. The highest BCUT2D eigenvalue weighted by Crippen LogP contribution is 2.57. The highest BCUT2D eigenvalue weighted by molar-refractivity contribution is 9.08. The number of aliphatic hydroxyl groups excluding tert-OH is 5. The van der Waals surface area contributed by atoms with Crippen LogP contribution in [-0.4, -0.2) is 132 Å². The molecule has 0 saturated heterocycles. The third-order valence-corrected chi connectivity index (χ3v) is 29.6. The van der Waals surface area contributed by atoms with E-state index in [1.165, 1.54) is 38.9 Å². The molecular formula is C124H152BrCl4N5O16. The lowest BCUT2D eigenvalue weighted by Gasteiger charge is -2.25. The van der Waals surface area contributed by atoms with Crippen LogP contribution in [0.2, 0.25) is 20.1 Å². The number of para-hydroxylation sites is 3. The summed E-state index contributed by atoms with van der Waals surface area (Å²) in [4.78, 5) is 49.1. The van der Waals surface area contributed by atoms with Crippen LogP contribution in [0.3, 0.4) is 0 Å². The fourth-order valence-electron chi connectivity index (χ4n) is 18.2. The molecule has 6 aliphatic rings. The number of aliphatic hydroxyl groups is 5. The number of hydrogen-bond acceptors (Lipinski definition) is 20. The molecule has 21 nitrogen and oxygen atoms in total. The number of esters is 1. The van der Waals surface area contributed by atoms with Crippen molar-refractivity contribution in [3.63, 3.8) is 0 Å². The first-order valence-electron chi connectivity index (χ1n) is 53.3. The lowest BCUT2D eigenvalue weighted by atomic mass is 9.96. The number of nitrogens with two attached hydrogens (primary N) is 1. The molecule has 150 heavy (non-hydrogen) atoms. The zero-order valence-electron chi connectivity index (χ0n) is 89.1. The van der Waals surface area contributed by atoms with Crippen LogP contribution >= 0.6 is 62.3 Å². The smallest absolute Gasteiger partial charge is 0.407 e. The van der Waals surface area contributed by atoms with Crippen molar-refractivity contribution in [3.05, 3.63) is 280 Å². The molecule has 8 N–H and O–H groups in total. The van der Waals surface area contributed by atoms with Gasteiger partial charge in [-0.05, 0) is 399 Å². The fraction of sp³-hybridized carbons (Fsp3) is 0.484. The first kappa shape index (κ1) is 119. The third-order valence-electron chi connectivity index (χ3n) is 27.5. The highest BCUT2D eigenvalue weighted by atomic mass is 79.9. The summed E-state index contributed by atoms with van der Waals surface area (Å²) in [5, 5.41) is 54.5. The molecule has 6 fully saturated rings. The molecule has 6 aliphatic carbocycles. The second kappa shape index (κ2) is 57.4. The van der Waals surface area contributed by atoms with Gasteiger partial charge in [0.25, 0.3) is 0 Å². The van der Waals surface area contributed by atoms with Gasteiger partial charge < -0.3 is 74.5 Å². The van der Waals surface area contributed by atoms with Gasteiger partial charge >= 0.3 is 12.1 Å². The Hall–Kier alpha value is -9.80. The number of nitrogens with one attached hydrogen (secondary N) is 1. The number of halogens is 5. The zero-order valence-corrected chi connectivity index (χ0v) is 93.7. The Morgan fingerprint density at radius 1 is 0.453 bits per heavy atom. The molecule has 0 spiro atoms. The van der Waals surface area contributed by atoms with E-state index in [9.17, 15) is 34.8 Å². The Bertz CT molecular complexity index is 6220. The van der Waals surface area contributed by atoms with Crippen molar-refractivity contribution in [1.82, 2.24) is 20.3 Å². The molecule has 3 heterocycles. The SMILES string of the molecule is C#CC#CC.Cc1cc(CBr)c(Cl)cc1CCCCNC(=O)OC(C)(C)C.Cc1cc(COC2(c3cnccc3-c3ccccc3OC3CC3)CC2)c(Cl)cc1CCCCCC(=O)CC[C@H](O)[C@@H](O)[C@H](O)[C@H](O)CO.Cc1cc(COC2(c3cnccc3-c3ccccc3OC3CC3)CC2)c(Cl)cc1CCCCCC(=O)OC(C)(C)C.Cc1cc(COC2(c3cnccc3-c3ccccc3OC3CC3)CC2)c(Cl)cc1CCCCN. The van der Waals surface area contributed by atoms with Crippen molar-refractivity contribution >= 4 is 80.2 Å². The topological polar surface area (TPSA) is 303 Å². The van der Waals surface area contributed by atoms with Gasteiger partial charge in [-0.25, -0.2) is 4.79 Å². The Labute approximate surface area is 916 Å². The first-order chi connectivity index (χ1) is 72.0. The number of alkyl carbamates (subject to hydrolysis) is 1. The summed E-state index contributed by atoms with van der Waals surface area (Å²) in [6, 6.07) is 47.8.